The standard InChI is InChI=1S/C10H10BrClO2/c1-6-3-8(12)4-7(10(6)11)5-9(13)14-2/h3-4H,5H2,1-2H3. The zero-order valence-corrected chi connectivity index (χ0v) is 10.3. The van der Waals surface area contributed by atoms with Crippen LogP contribution >= 0.6 is 27.5 Å². The molecule has 0 spiro atoms. The maximum Gasteiger partial charge on any atom is 0.310 e. The highest BCUT2D eigenvalue weighted by atomic mass is 79.9. The third-order valence-electron chi connectivity index (χ3n) is 1.86. The molecule has 1 rings (SSSR count). The lowest BCUT2D eigenvalue weighted by Crippen LogP contribution is -2.05. The van der Waals surface area contributed by atoms with E-state index < -0.39 is 0 Å². The van der Waals surface area contributed by atoms with Crippen LogP contribution in [0, 0.1) is 6.92 Å². The largest absolute Gasteiger partial charge is 0.469 e. The Bertz CT molecular complexity index is 363. The summed E-state index contributed by atoms with van der Waals surface area (Å²) in [5.41, 5.74) is 1.86. The highest BCUT2D eigenvalue weighted by Crippen LogP contribution is 2.26. The maximum absolute atomic E-state index is 11.1. The number of benzene rings is 1. The molecule has 0 aliphatic rings. The van der Waals surface area contributed by atoms with Gasteiger partial charge < -0.3 is 4.74 Å². The number of halogens is 2. The summed E-state index contributed by atoms with van der Waals surface area (Å²) in [7, 11) is 1.37. The van der Waals surface area contributed by atoms with Crippen LogP contribution in [0.5, 0.6) is 0 Å². The summed E-state index contributed by atoms with van der Waals surface area (Å²) in [6.45, 7) is 1.93. The predicted molar refractivity (Wildman–Crippen MR) is 59.6 cm³/mol. The molecule has 0 fully saturated rings. The molecule has 0 radical (unpaired) electrons. The van der Waals surface area contributed by atoms with Crippen molar-refractivity contribution in [3.8, 4) is 0 Å². The van der Waals surface area contributed by atoms with Crippen molar-refractivity contribution in [3.63, 3.8) is 0 Å². The van der Waals surface area contributed by atoms with Gasteiger partial charge in [0.15, 0.2) is 0 Å². The molecule has 0 atom stereocenters. The fourth-order valence-electron chi connectivity index (χ4n) is 1.15. The van der Waals surface area contributed by atoms with E-state index in [9.17, 15) is 4.79 Å². The molecule has 0 unspecified atom stereocenters. The molecule has 0 bridgehead atoms. The molecule has 0 aliphatic carbocycles. The summed E-state index contributed by atoms with van der Waals surface area (Å²) in [5.74, 6) is -0.271. The number of methoxy groups -OCH3 is 1. The van der Waals surface area contributed by atoms with Crippen LogP contribution in [0.2, 0.25) is 5.02 Å². The summed E-state index contributed by atoms with van der Waals surface area (Å²) < 4.78 is 5.50. The zero-order chi connectivity index (χ0) is 10.7. The van der Waals surface area contributed by atoms with Crippen LogP contribution in [0.3, 0.4) is 0 Å². The van der Waals surface area contributed by atoms with Gasteiger partial charge in [-0.05, 0) is 30.2 Å². The van der Waals surface area contributed by atoms with Gasteiger partial charge in [0.05, 0.1) is 13.5 Å². The van der Waals surface area contributed by atoms with Crippen molar-refractivity contribution in [1.82, 2.24) is 0 Å². The number of hydrogen-bond acceptors (Lipinski definition) is 2. The smallest absolute Gasteiger partial charge is 0.310 e. The molecule has 0 amide bonds. The predicted octanol–water partition coefficient (Wildman–Crippen LogP) is 3.13. The number of hydrogen-bond donors (Lipinski definition) is 0. The van der Waals surface area contributed by atoms with E-state index in [1.807, 2.05) is 13.0 Å². The van der Waals surface area contributed by atoms with Gasteiger partial charge in [-0.15, -0.1) is 0 Å². The lowest BCUT2D eigenvalue weighted by Gasteiger charge is -2.06. The van der Waals surface area contributed by atoms with Gasteiger partial charge in [0, 0.05) is 9.50 Å². The topological polar surface area (TPSA) is 26.3 Å². The van der Waals surface area contributed by atoms with Crippen LogP contribution < -0.4 is 0 Å². The first-order valence-electron chi connectivity index (χ1n) is 4.06. The fourth-order valence-corrected chi connectivity index (χ4v) is 1.82. The molecule has 4 heteroatoms. The van der Waals surface area contributed by atoms with Crippen LogP contribution in [-0.4, -0.2) is 13.1 Å². The van der Waals surface area contributed by atoms with E-state index in [2.05, 4.69) is 20.7 Å². The van der Waals surface area contributed by atoms with Crippen LogP contribution in [0.1, 0.15) is 11.1 Å². The van der Waals surface area contributed by atoms with E-state index in [4.69, 9.17) is 11.6 Å². The molecule has 1 aromatic carbocycles. The summed E-state index contributed by atoms with van der Waals surface area (Å²) in [5, 5.41) is 0.629. The van der Waals surface area contributed by atoms with E-state index in [0.29, 0.717) is 5.02 Å². The molecular weight excluding hydrogens is 267 g/mol. The Kier molecular flexibility index (Phi) is 3.96. The van der Waals surface area contributed by atoms with Crippen LogP contribution in [0.15, 0.2) is 16.6 Å². The lowest BCUT2D eigenvalue weighted by atomic mass is 10.1. The number of aryl methyl sites for hydroxylation is 1. The average molecular weight is 278 g/mol. The van der Waals surface area contributed by atoms with Gasteiger partial charge in [-0.2, -0.15) is 0 Å². The van der Waals surface area contributed by atoms with Crippen molar-refractivity contribution >= 4 is 33.5 Å². The van der Waals surface area contributed by atoms with Gasteiger partial charge in [0.1, 0.15) is 0 Å². The Morgan fingerprint density at radius 1 is 1.57 bits per heavy atom. The average Bonchev–Trinajstić information content (AvgIpc) is 2.13. The van der Waals surface area contributed by atoms with Crippen LogP contribution in [0.4, 0.5) is 0 Å². The van der Waals surface area contributed by atoms with Gasteiger partial charge in [-0.3, -0.25) is 4.79 Å². The van der Waals surface area contributed by atoms with Gasteiger partial charge in [-0.1, -0.05) is 27.5 Å². The van der Waals surface area contributed by atoms with Gasteiger partial charge >= 0.3 is 5.97 Å². The second-order valence-electron chi connectivity index (χ2n) is 2.95. The first kappa shape index (κ1) is 11.5. The fraction of sp³-hybridized carbons (Fsp3) is 0.300. The number of carbonyl (C=O) groups excluding carboxylic acids is 1. The minimum absolute atomic E-state index is 0.235. The van der Waals surface area contributed by atoms with Crippen molar-refractivity contribution in [3.05, 3.63) is 32.8 Å². The van der Waals surface area contributed by atoms with E-state index in [1.165, 1.54) is 7.11 Å². The Hall–Kier alpha value is -0.540. The Labute approximate surface area is 96.3 Å². The normalized spacial score (nSPS) is 10.0. The van der Waals surface area contributed by atoms with Crippen LogP contribution in [0.25, 0.3) is 0 Å². The molecule has 0 heterocycles. The number of esters is 1. The molecule has 0 saturated heterocycles. The minimum Gasteiger partial charge on any atom is -0.469 e. The van der Waals surface area contributed by atoms with Crippen LogP contribution in [-0.2, 0) is 16.0 Å². The van der Waals surface area contributed by atoms with E-state index >= 15 is 0 Å². The first-order chi connectivity index (χ1) is 6.54. The van der Waals surface area contributed by atoms with E-state index in [1.54, 1.807) is 6.07 Å². The van der Waals surface area contributed by atoms with Gasteiger partial charge in [-0.25, -0.2) is 0 Å². The molecule has 0 saturated carbocycles. The Morgan fingerprint density at radius 2 is 2.21 bits per heavy atom. The number of rotatable bonds is 2. The van der Waals surface area contributed by atoms with Crippen molar-refractivity contribution in [2.24, 2.45) is 0 Å². The molecule has 0 N–H and O–H groups in total. The minimum atomic E-state index is -0.271. The second-order valence-corrected chi connectivity index (χ2v) is 4.18. The lowest BCUT2D eigenvalue weighted by molar-refractivity contribution is -0.139. The molecule has 76 valence electrons. The zero-order valence-electron chi connectivity index (χ0n) is 7.93. The number of ether oxygens (including phenoxy) is 1. The monoisotopic (exact) mass is 276 g/mol. The summed E-state index contributed by atoms with van der Waals surface area (Å²) in [4.78, 5) is 11.1. The summed E-state index contributed by atoms with van der Waals surface area (Å²) in [6.07, 6.45) is 0.235. The van der Waals surface area contributed by atoms with Crippen molar-refractivity contribution in [2.45, 2.75) is 13.3 Å². The van der Waals surface area contributed by atoms with Gasteiger partial charge in [0.25, 0.3) is 0 Å². The van der Waals surface area contributed by atoms with E-state index in [0.717, 1.165) is 15.6 Å². The van der Waals surface area contributed by atoms with Crippen molar-refractivity contribution in [1.29, 1.82) is 0 Å². The third-order valence-corrected chi connectivity index (χ3v) is 3.21. The quantitative estimate of drug-likeness (QED) is 0.776. The molecular formula is C10H10BrClO2. The highest BCUT2D eigenvalue weighted by molar-refractivity contribution is 9.10. The summed E-state index contributed by atoms with van der Waals surface area (Å²) in [6, 6.07) is 3.60. The van der Waals surface area contributed by atoms with Crippen molar-refractivity contribution < 1.29 is 9.53 Å². The first-order valence-corrected chi connectivity index (χ1v) is 5.23. The summed E-state index contributed by atoms with van der Waals surface area (Å²) >= 11 is 9.28. The SMILES string of the molecule is COC(=O)Cc1cc(Cl)cc(C)c1Br. The van der Waals surface area contributed by atoms with E-state index in [-0.39, 0.29) is 12.4 Å². The molecule has 14 heavy (non-hydrogen) atoms. The second kappa shape index (κ2) is 4.80. The molecule has 2 nitrogen and oxygen atoms in total. The molecule has 0 aromatic heterocycles. The third kappa shape index (κ3) is 2.72. The Balaban J connectivity index is 3.02. The highest BCUT2D eigenvalue weighted by Gasteiger charge is 2.09. The number of carbonyl (C=O) groups is 1. The molecule has 1 aromatic rings. The molecule has 0 aliphatic heterocycles. The maximum atomic E-state index is 11.1. The van der Waals surface area contributed by atoms with Crippen molar-refractivity contribution in [2.75, 3.05) is 7.11 Å². The Morgan fingerprint density at radius 3 is 2.79 bits per heavy atom. The van der Waals surface area contributed by atoms with Gasteiger partial charge in [0.2, 0.25) is 0 Å².